The standard InChI is InChI=1S/C12H26O4S.C4H11NO2.C4H10O/c1-2-3-4-5-6-7-8-9-10-11-12-16-17(13,14)15;6-3-1-5-2-4-7;1-3-5-4-2/h2-12H2,1H3,(H,13,14,15);5-7H,1-4H2;3-4H2,1-2H3. The van der Waals surface area contributed by atoms with E-state index in [0.717, 1.165) is 26.1 Å². The van der Waals surface area contributed by atoms with E-state index in [1.165, 1.54) is 44.9 Å². The zero-order valence-corrected chi connectivity index (χ0v) is 19.7. The summed E-state index contributed by atoms with van der Waals surface area (Å²) in [4.78, 5) is 0. The van der Waals surface area contributed by atoms with Crippen LogP contribution in [0.1, 0.15) is 85.0 Å². The third kappa shape index (κ3) is 47.1. The van der Waals surface area contributed by atoms with E-state index < -0.39 is 10.4 Å². The fourth-order valence-electron chi connectivity index (χ4n) is 2.24. The van der Waals surface area contributed by atoms with Crippen molar-refractivity contribution in [2.45, 2.75) is 85.0 Å². The molecule has 0 unspecified atom stereocenters. The molecule has 0 spiro atoms. The van der Waals surface area contributed by atoms with Gasteiger partial charge in [0.25, 0.3) is 0 Å². The van der Waals surface area contributed by atoms with Gasteiger partial charge in [0.1, 0.15) is 0 Å². The molecule has 0 fully saturated rings. The fourth-order valence-corrected chi connectivity index (χ4v) is 2.57. The first-order valence-electron chi connectivity index (χ1n) is 11.0. The fraction of sp³-hybridized carbons (Fsp3) is 1.00. The third-order valence-electron chi connectivity index (χ3n) is 3.72. The van der Waals surface area contributed by atoms with Gasteiger partial charge >= 0.3 is 10.4 Å². The minimum Gasteiger partial charge on any atom is -0.395 e. The molecule has 0 aromatic rings. The molecule has 8 nitrogen and oxygen atoms in total. The van der Waals surface area contributed by atoms with Crippen LogP contribution in [0.3, 0.4) is 0 Å². The van der Waals surface area contributed by atoms with Gasteiger partial charge in [-0.1, -0.05) is 64.7 Å². The van der Waals surface area contributed by atoms with Gasteiger partial charge in [-0.05, 0) is 20.3 Å². The van der Waals surface area contributed by atoms with Crippen molar-refractivity contribution in [3.8, 4) is 0 Å². The maximum absolute atomic E-state index is 10.2. The van der Waals surface area contributed by atoms with Gasteiger partial charge in [0.2, 0.25) is 0 Å². The molecule has 9 heteroatoms. The normalized spacial score (nSPS) is 10.7. The molecular weight excluding hydrogens is 398 g/mol. The Bertz CT molecular complexity index is 362. The predicted octanol–water partition coefficient (Wildman–Crippen LogP) is 3.33. The smallest absolute Gasteiger partial charge is 0.395 e. The van der Waals surface area contributed by atoms with Crippen molar-refractivity contribution in [2.75, 3.05) is 46.1 Å². The van der Waals surface area contributed by atoms with E-state index in [4.69, 9.17) is 19.5 Å². The van der Waals surface area contributed by atoms with Crippen LogP contribution in [0.5, 0.6) is 0 Å². The molecule has 0 aromatic heterocycles. The Hall–Kier alpha value is -0.290. The Morgan fingerprint density at radius 2 is 1.14 bits per heavy atom. The summed E-state index contributed by atoms with van der Waals surface area (Å²) < 4.78 is 37.8. The van der Waals surface area contributed by atoms with Crippen LogP contribution >= 0.6 is 0 Å². The first kappa shape index (κ1) is 33.4. The van der Waals surface area contributed by atoms with Crippen molar-refractivity contribution >= 4 is 10.4 Å². The number of nitrogens with one attached hydrogen (secondary N) is 1. The number of aliphatic hydroxyl groups is 2. The molecule has 180 valence electrons. The van der Waals surface area contributed by atoms with Gasteiger partial charge in [-0.15, -0.1) is 0 Å². The van der Waals surface area contributed by atoms with Gasteiger partial charge in [0.15, 0.2) is 0 Å². The first-order chi connectivity index (χ1) is 13.9. The lowest BCUT2D eigenvalue weighted by atomic mass is 10.1. The maximum Gasteiger partial charge on any atom is 0.397 e. The second-order valence-corrected chi connectivity index (χ2v) is 7.50. The van der Waals surface area contributed by atoms with Gasteiger partial charge < -0.3 is 20.3 Å². The van der Waals surface area contributed by atoms with E-state index >= 15 is 0 Å². The number of aliphatic hydroxyl groups excluding tert-OH is 2. The van der Waals surface area contributed by atoms with Gasteiger partial charge in [-0.25, -0.2) is 4.18 Å². The van der Waals surface area contributed by atoms with Crippen LogP contribution < -0.4 is 5.32 Å². The monoisotopic (exact) mass is 445 g/mol. The summed E-state index contributed by atoms with van der Waals surface area (Å²) >= 11 is 0. The SMILES string of the molecule is CCCCCCCCCCCCOS(=O)(=O)O.CCOCC.OCCNCCO. The highest BCUT2D eigenvalue weighted by Gasteiger charge is 2.02. The van der Waals surface area contributed by atoms with E-state index in [-0.39, 0.29) is 19.8 Å². The van der Waals surface area contributed by atoms with Crippen LogP contribution in [0.25, 0.3) is 0 Å². The third-order valence-corrected chi connectivity index (χ3v) is 4.18. The average Bonchev–Trinajstić information content (AvgIpc) is 2.67. The molecule has 0 rings (SSSR count). The van der Waals surface area contributed by atoms with Crippen molar-refractivity contribution in [1.29, 1.82) is 0 Å². The number of rotatable bonds is 18. The predicted molar refractivity (Wildman–Crippen MR) is 119 cm³/mol. The number of ether oxygens (including phenoxy) is 1. The Balaban J connectivity index is -0.000000461. The van der Waals surface area contributed by atoms with Crippen molar-refractivity contribution in [3.63, 3.8) is 0 Å². The largest absolute Gasteiger partial charge is 0.397 e. The van der Waals surface area contributed by atoms with Crippen LogP contribution in [-0.2, 0) is 19.3 Å². The molecule has 0 heterocycles. The summed E-state index contributed by atoms with van der Waals surface area (Å²) in [5, 5.41) is 19.1. The van der Waals surface area contributed by atoms with Gasteiger partial charge in [-0.2, -0.15) is 8.42 Å². The highest BCUT2D eigenvalue weighted by Crippen LogP contribution is 2.10. The van der Waals surface area contributed by atoms with Gasteiger partial charge in [-0.3, -0.25) is 4.55 Å². The zero-order chi connectivity index (χ0) is 22.6. The van der Waals surface area contributed by atoms with Crippen LogP contribution in [0.15, 0.2) is 0 Å². The number of unbranched alkanes of at least 4 members (excludes halogenated alkanes) is 9. The van der Waals surface area contributed by atoms with E-state index in [1.54, 1.807) is 0 Å². The first-order valence-corrected chi connectivity index (χ1v) is 12.4. The molecule has 0 aliphatic rings. The van der Waals surface area contributed by atoms with Crippen LogP contribution in [0.4, 0.5) is 0 Å². The molecule has 0 aromatic carbocycles. The van der Waals surface area contributed by atoms with E-state index in [1.807, 2.05) is 13.8 Å². The van der Waals surface area contributed by atoms with Crippen molar-refractivity contribution < 1.29 is 32.1 Å². The Kier molecular flexibility index (Phi) is 34.4. The molecule has 0 aliphatic carbocycles. The second-order valence-electron chi connectivity index (χ2n) is 6.41. The van der Waals surface area contributed by atoms with Crippen molar-refractivity contribution in [1.82, 2.24) is 5.32 Å². The van der Waals surface area contributed by atoms with Crippen LogP contribution in [-0.4, -0.2) is 69.3 Å². The Morgan fingerprint density at radius 1 is 0.724 bits per heavy atom. The number of hydrogen-bond acceptors (Lipinski definition) is 7. The molecule has 29 heavy (non-hydrogen) atoms. The summed E-state index contributed by atoms with van der Waals surface area (Å²) in [6, 6.07) is 0. The summed E-state index contributed by atoms with van der Waals surface area (Å²) in [5.41, 5.74) is 0. The molecule has 0 bridgehead atoms. The molecule has 0 atom stereocenters. The van der Waals surface area contributed by atoms with Gasteiger partial charge in [0.05, 0.1) is 19.8 Å². The van der Waals surface area contributed by atoms with Crippen LogP contribution in [0.2, 0.25) is 0 Å². The van der Waals surface area contributed by atoms with Gasteiger partial charge in [0, 0.05) is 26.3 Å². The summed E-state index contributed by atoms with van der Waals surface area (Å²) in [7, 11) is -4.23. The van der Waals surface area contributed by atoms with Crippen molar-refractivity contribution in [2.24, 2.45) is 0 Å². The zero-order valence-electron chi connectivity index (χ0n) is 18.9. The summed E-state index contributed by atoms with van der Waals surface area (Å²) in [6.07, 6.45) is 11.9. The Morgan fingerprint density at radius 3 is 1.45 bits per heavy atom. The average molecular weight is 446 g/mol. The lowest BCUT2D eigenvalue weighted by Gasteiger charge is -2.02. The Labute approximate surface area is 179 Å². The summed E-state index contributed by atoms with van der Waals surface area (Å²) in [6.45, 7) is 9.39. The molecule has 0 saturated heterocycles. The lowest BCUT2D eigenvalue weighted by Crippen LogP contribution is -2.21. The topological polar surface area (TPSA) is 125 Å². The van der Waals surface area contributed by atoms with Crippen molar-refractivity contribution in [3.05, 3.63) is 0 Å². The molecule has 0 radical (unpaired) electrons. The van der Waals surface area contributed by atoms with E-state index in [2.05, 4.69) is 16.4 Å². The highest BCUT2D eigenvalue weighted by molar-refractivity contribution is 7.80. The highest BCUT2D eigenvalue weighted by atomic mass is 32.3. The molecular formula is C20H47NO7S. The van der Waals surface area contributed by atoms with Crippen LogP contribution in [0, 0.1) is 0 Å². The molecule has 4 N–H and O–H groups in total. The summed E-state index contributed by atoms with van der Waals surface area (Å²) in [5.74, 6) is 0. The maximum atomic E-state index is 10.2. The lowest BCUT2D eigenvalue weighted by molar-refractivity contribution is 0.162. The van der Waals surface area contributed by atoms with E-state index in [0.29, 0.717) is 19.5 Å². The number of hydrogen-bond donors (Lipinski definition) is 4. The molecule has 0 saturated carbocycles. The van der Waals surface area contributed by atoms with E-state index in [9.17, 15) is 8.42 Å². The minimum atomic E-state index is -4.23. The molecule has 0 amide bonds. The second kappa shape index (κ2) is 29.9. The molecule has 0 aliphatic heterocycles. The quantitative estimate of drug-likeness (QED) is 0.187. The minimum absolute atomic E-state index is 0.0926.